The summed E-state index contributed by atoms with van der Waals surface area (Å²) < 4.78 is 42.6. The van der Waals surface area contributed by atoms with Crippen LogP contribution in [0.4, 0.5) is 16.0 Å². The third kappa shape index (κ3) is 3.00. The Hall–Kier alpha value is -2.75. The number of rotatable bonds is 5. The van der Waals surface area contributed by atoms with Gasteiger partial charge in [0, 0.05) is 12.3 Å². The van der Waals surface area contributed by atoms with Crippen molar-refractivity contribution in [2.45, 2.75) is 24.7 Å². The monoisotopic (exact) mass is 350 g/mol. The zero-order valence-corrected chi connectivity index (χ0v) is 13.6. The molecule has 3 N–H and O–H groups in total. The van der Waals surface area contributed by atoms with E-state index in [1.54, 1.807) is 0 Å². The van der Waals surface area contributed by atoms with Gasteiger partial charge in [0.25, 0.3) is 10.0 Å². The van der Waals surface area contributed by atoms with Crippen LogP contribution < -0.4 is 10.5 Å². The van der Waals surface area contributed by atoms with E-state index in [1.807, 2.05) is 6.92 Å². The fourth-order valence-corrected chi connectivity index (χ4v) is 3.58. The maximum atomic E-state index is 14.0. The molecule has 8 nitrogen and oxygen atoms in total. The predicted molar refractivity (Wildman–Crippen MR) is 86.4 cm³/mol. The highest BCUT2D eigenvalue weighted by Crippen LogP contribution is 2.21. The Morgan fingerprint density at radius 1 is 1.42 bits per heavy atom. The first-order valence-electron chi connectivity index (χ1n) is 7.19. The molecule has 3 heterocycles. The smallest absolute Gasteiger partial charge is 0.263 e. The van der Waals surface area contributed by atoms with Crippen LogP contribution in [0.2, 0.25) is 0 Å². The molecule has 0 aliphatic heterocycles. The van der Waals surface area contributed by atoms with Gasteiger partial charge < -0.3 is 5.73 Å². The highest BCUT2D eigenvalue weighted by atomic mass is 32.2. The lowest BCUT2D eigenvalue weighted by Gasteiger charge is -2.11. The second kappa shape index (κ2) is 6.04. The highest BCUT2D eigenvalue weighted by molar-refractivity contribution is 7.92. The Labute approximate surface area is 137 Å². The summed E-state index contributed by atoms with van der Waals surface area (Å²) in [4.78, 5) is 7.88. The molecule has 0 aromatic carbocycles. The van der Waals surface area contributed by atoms with Crippen molar-refractivity contribution in [2.24, 2.45) is 0 Å². The predicted octanol–water partition coefficient (Wildman–Crippen LogP) is 1.60. The Morgan fingerprint density at radius 3 is 2.96 bits per heavy atom. The number of halogens is 1. The lowest BCUT2D eigenvalue weighted by molar-refractivity contribution is 0.598. The molecule has 0 bridgehead atoms. The second-order valence-electron chi connectivity index (χ2n) is 5.12. The van der Waals surface area contributed by atoms with Gasteiger partial charge in [-0.05, 0) is 18.6 Å². The van der Waals surface area contributed by atoms with Gasteiger partial charge in [0.1, 0.15) is 4.90 Å². The molecule has 10 heteroatoms. The zero-order valence-electron chi connectivity index (χ0n) is 12.8. The first kappa shape index (κ1) is 16.1. The van der Waals surface area contributed by atoms with Crippen LogP contribution in [-0.2, 0) is 16.4 Å². The Bertz CT molecular complexity index is 1000. The van der Waals surface area contributed by atoms with E-state index in [2.05, 4.69) is 19.8 Å². The van der Waals surface area contributed by atoms with Crippen molar-refractivity contribution in [1.82, 2.24) is 19.6 Å². The van der Waals surface area contributed by atoms with E-state index in [1.165, 1.54) is 24.5 Å². The number of nitrogens with one attached hydrogen (secondary N) is 1. The Balaban J connectivity index is 2.01. The normalized spacial score (nSPS) is 11.8. The van der Waals surface area contributed by atoms with Crippen molar-refractivity contribution >= 4 is 27.3 Å². The van der Waals surface area contributed by atoms with Crippen LogP contribution in [0.1, 0.15) is 19.0 Å². The summed E-state index contributed by atoms with van der Waals surface area (Å²) >= 11 is 0. The molecule has 3 aromatic rings. The number of fused-ring (bicyclic) bond motifs is 1. The third-order valence-corrected chi connectivity index (χ3v) is 4.74. The number of aromatic nitrogens is 4. The average molecular weight is 350 g/mol. The molecule has 3 aromatic heterocycles. The maximum absolute atomic E-state index is 14.0. The fourth-order valence-electron chi connectivity index (χ4n) is 2.32. The number of nitrogen functional groups attached to an aromatic ring is 1. The average Bonchev–Trinajstić information content (AvgIpc) is 2.88. The van der Waals surface area contributed by atoms with Gasteiger partial charge in [-0.25, -0.2) is 17.3 Å². The molecule has 0 spiro atoms. The molecule has 0 aliphatic carbocycles. The van der Waals surface area contributed by atoms with Crippen molar-refractivity contribution in [2.75, 3.05) is 10.5 Å². The van der Waals surface area contributed by atoms with Crippen LogP contribution in [0.25, 0.3) is 5.65 Å². The molecule has 0 amide bonds. The number of anilines is 2. The van der Waals surface area contributed by atoms with Crippen molar-refractivity contribution in [1.29, 1.82) is 0 Å². The summed E-state index contributed by atoms with van der Waals surface area (Å²) in [5.41, 5.74) is 5.81. The van der Waals surface area contributed by atoms with E-state index in [9.17, 15) is 12.8 Å². The van der Waals surface area contributed by atoms with Crippen LogP contribution in [0, 0.1) is 5.82 Å². The van der Waals surface area contributed by atoms with Crippen molar-refractivity contribution in [3.05, 3.63) is 42.1 Å². The van der Waals surface area contributed by atoms with Crippen LogP contribution in [0.3, 0.4) is 0 Å². The number of hydrogen-bond acceptors (Lipinski definition) is 6. The van der Waals surface area contributed by atoms with Crippen molar-refractivity contribution < 1.29 is 12.8 Å². The topological polar surface area (TPSA) is 115 Å². The Morgan fingerprint density at radius 2 is 2.21 bits per heavy atom. The standard InChI is InChI=1S/C14H15FN6O2S/c1-2-4-11-12(5-3-6-17-11)24(22,23)20-9-7-10(15)13-18-14(16)19-21(13)8-9/h3,5-8,20H,2,4H2,1H3,(H2,16,19). The molecule has 24 heavy (non-hydrogen) atoms. The molecule has 0 saturated carbocycles. The summed E-state index contributed by atoms with van der Waals surface area (Å²) in [6.45, 7) is 1.93. The number of hydrogen-bond donors (Lipinski definition) is 2. The van der Waals surface area contributed by atoms with E-state index in [-0.39, 0.29) is 22.2 Å². The quantitative estimate of drug-likeness (QED) is 0.722. The number of pyridine rings is 2. The minimum Gasteiger partial charge on any atom is -0.366 e. The van der Waals surface area contributed by atoms with Gasteiger partial charge in [0.2, 0.25) is 5.95 Å². The number of nitrogens with zero attached hydrogens (tertiary/aromatic N) is 4. The van der Waals surface area contributed by atoms with E-state index in [4.69, 9.17) is 5.73 Å². The summed E-state index contributed by atoms with van der Waals surface area (Å²) in [6, 6.07) is 4.02. The van der Waals surface area contributed by atoms with Crippen LogP contribution in [-0.4, -0.2) is 28.0 Å². The van der Waals surface area contributed by atoms with Gasteiger partial charge in [-0.15, -0.1) is 5.10 Å². The van der Waals surface area contributed by atoms with Gasteiger partial charge in [0.05, 0.1) is 17.6 Å². The molecule has 0 radical (unpaired) electrons. The van der Waals surface area contributed by atoms with Crippen LogP contribution >= 0.6 is 0 Å². The van der Waals surface area contributed by atoms with E-state index >= 15 is 0 Å². The minimum absolute atomic E-state index is 0.0104. The maximum Gasteiger partial charge on any atom is 0.263 e. The van der Waals surface area contributed by atoms with Gasteiger partial charge >= 0.3 is 0 Å². The minimum atomic E-state index is -3.92. The van der Waals surface area contributed by atoms with Gasteiger partial charge in [-0.2, -0.15) is 4.98 Å². The highest BCUT2D eigenvalue weighted by Gasteiger charge is 2.20. The zero-order chi connectivity index (χ0) is 17.3. The molecule has 0 aliphatic rings. The molecule has 126 valence electrons. The number of sulfonamides is 1. The van der Waals surface area contributed by atoms with Crippen LogP contribution in [0.15, 0.2) is 35.5 Å². The number of aryl methyl sites for hydroxylation is 1. The third-order valence-electron chi connectivity index (χ3n) is 3.28. The molecule has 0 saturated heterocycles. The lowest BCUT2D eigenvalue weighted by atomic mass is 10.2. The van der Waals surface area contributed by atoms with E-state index in [0.717, 1.165) is 17.0 Å². The molecule has 3 rings (SSSR count). The van der Waals surface area contributed by atoms with Gasteiger partial charge in [0.15, 0.2) is 11.5 Å². The van der Waals surface area contributed by atoms with E-state index in [0.29, 0.717) is 12.1 Å². The second-order valence-corrected chi connectivity index (χ2v) is 6.77. The SMILES string of the molecule is CCCc1ncccc1S(=O)(=O)Nc1cc(F)c2nc(N)nn2c1. The first-order chi connectivity index (χ1) is 11.4. The molecular weight excluding hydrogens is 335 g/mol. The van der Waals surface area contributed by atoms with Crippen molar-refractivity contribution in [3.8, 4) is 0 Å². The lowest BCUT2D eigenvalue weighted by Crippen LogP contribution is -2.16. The molecule has 0 unspecified atom stereocenters. The molecule has 0 fully saturated rings. The first-order valence-corrected chi connectivity index (χ1v) is 8.67. The van der Waals surface area contributed by atoms with Crippen LogP contribution in [0.5, 0.6) is 0 Å². The summed E-state index contributed by atoms with van der Waals surface area (Å²) in [5, 5.41) is 3.78. The van der Waals surface area contributed by atoms with Gasteiger partial charge in [-0.3, -0.25) is 9.71 Å². The molecular formula is C14H15FN6O2S. The summed E-state index contributed by atoms with van der Waals surface area (Å²) in [7, 11) is -3.92. The van der Waals surface area contributed by atoms with Crippen molar-refractivity contribution in [3.63, 3.8) is 0 Å². The summed E-state index contributed by atoms with van der Waals surface area (Å²) in [5.74, 6) is -0.842. The summed E-state index contributed by atoms with van der Waals surface area (Å²) in [6.07, 6.45) is 4.10. The molecule has 0 atom stereocenters. The number of nitrogens with two attached hydrogens (primary N) is 1. The van der Waals surface area contributed by atoms with Gasteiger partial charge in [-0.1, -0.05) is 13.3 Å². The van der Waals surface area contributed by atoms with E-state index < -0.39 is 15.8 Å². The Kier molecular flexibility index (Phi) is 4.06. The fraction of sp³-hybridized carbons (Fsp3) is 0.214. The largest absolute Gasteiger partial charge is 0.366 e.